The molecule has 0 unspecified atom stereocenters. The Balaban J connectivity index is 2.46. The van der Waals surface area contributed by atoms with Crippen LogP contribution in [0.5, 0.6) is 0 Å². The number of hydrogen-bond acceptors (Lipinski definition) is 1. The van der Waals surface area contributed by atoms with Crippen molar-refractivity contribution in [2.45, 2.75) is 32.2 Å². The van der Waals surface area contributed by atoms with Crippen molar-refractivity contribution >= 4 is 34.8 Å². The second-order valence-corrected chi connectivity index (χ2v) is 6.16. The van der Waals surface area contributed by atoms with Gasteiger partial charge in [-0.05, 0) is 19.4 Å². The average Bonchev–Trinajstić information content (AvgIpc) is 2.80. The zero-order chi connectivity index (χ0) is 15.5. The molecule has 0 amide bonds. The fourth-order valence-electron chi connectivity index (χ4n) is 2.54. The summed E-state index contributed by atoms with van der Waals surface area (Å²) < 4.78 is 1.94. The van der Waals surface area contributed by atoms with Crippen molar-refractivity contribution < 1.29 is 0 Å². The molecular formula is C16H19Cl3N2. The summed E-state index contributed by atoms with van der Waals surface area (Å²) in [6.07, 6.45) is 0.678. The van der Waals surface area contributed by atoms with E-state index in [0.29, 0.717) is 23.2 Å². The first-order chi connectivity index (χ1) is 10.1. The molecule has 0 aliphatic rings. The Morgan fingerprint density at radius 3 is 2.29 bits per heavy atom. The molecule has 114 valence electrons. The summed E-state index contributed by atoms with van der Waals surface area (Å²) in [4.78, 5) is 0. The van der Waals surface area contributed by atoms with Gasteiger partial charge in [-0.15, -0.1) is 23.2 Å². The average molecular weight is 346 g/mol. The summed E-state index contributed by atoms with van der Waals surface area (Å²) >= 11 is 19.0. The highest BCUT2D eigenvalue weighted by Crippen LogP contribution is 2.34. The number of aromatic nitrogens is 2. The van der Waals surface area contributed by atoms with Crippen LogP contribution >= 0.6 is 34.8 Å². The Morgan fingerprint density at radius 1 is 1.14 bits per heavy atom. The number of rotatable bonds is 6. The third-order valence-corrected chi connectivity index (χ3v) is 5.37. The lowest BCUT2D eigenvalue weighted by molar-refractivity contribution is 0.498. The quantitative estimate of drug-likeness (QED) is 0.686. The van der Waals surface area contributed by atoms with E-state index in [1.807, 2.05) is 29.8 Å². The largest absolute Gasteiger partial charge is 0.268 e. The van der Waals surface area contributed by atoms with Crippen molar-refractivity contribution in [3.63, 3.8) is 0 Å². The number of hydrogen-bond donors (Lipinski definition) is 0. The molecule has 0 N–H and O–H groups in total. The van der Waals surface area contributed by atoms with Crippen LogP contribution in [0.15, 0.2) is 30.3 Å². The summed E-state index contributed by atoms with van der Waals surface area (Å²) in [6.45, 7) is 4.75. The van der Waals surface area contributed by atoms with Gasteiger partial charge in [0.1, 0.15) is 0 Å². The fourth-order valence-corrected chi connectivity index (χ4v) is 3.52. The van der Waals surface area contributed by atoms with Gasteiger partial charge in [0.25, 0.3) is 0 Å². The first kappa shape index (κ1) is 16.7. The highest BCUT2D eigenvalue weighted by Gasteiger charge is 2.33. The Hall–Kier alpha value is -0.700. The van der Waals surface area contributed by atoms with Gasteiger partial charge in [0.05, 0.1) is 16.4 Å². The summed E-state index contributed by atoms with van der Waals surface area (Å²) in [5, 5.41) is 5.19. The van der Waals surface area contributed by atoms with Gasteiger partial charge in [0, 0.05) is 30.1 Å². The Morgan fingerprint density at radius 2 is 1.76 bits per heavy atom. The molecule has 2 nitrogen and oxygen atoms in total. The number of halogens is 3. The molecule has 0 aliphatic heterocycles. The summed E-state index contributed by atoms with van der Waals surface area (Å²) in [5.41, 5.74) is 2.64. The minimum absolute atomic E-state index is 0.340. The van der Waals surface area contributed by atoms with Crippen LogP contribution in [-0.2, 0) is 18.4 Å². The molecule has 5 heteroatoms. The predicted octanol–water partition coefficient (Wildman–Crippen LogP) is 4.82. The normalized spacial score (nSPS) is 11.9. The van der Waals surface area contributed by atoms with E-state index in [1.54, 1.807) is 0 Å². The van der Waals surface area contributed by atoms with Crippen molar-refractivity contribution in [1.82, 2.24) is 9.78 Å². The molecule has 1 heterocycles. The molecule has 0 bridgehead atoms. The molecule has 1 aromatic carbocycles. The minimum Gasteiger partial charge on any atom is -0.268 e. The number of aryl methyl sites for hydroxylation is 2. The van der Waals surface area contributed by atoms with Crippen LogP contribution in [0, 0.1) is 6.92 Å². The zero-order valence-corrected chi connectivity index (χ0v) is 14.5. The van der Waals surface area contributed by atoms with Crippen molar-refractivity contribution in [3.05, 3.63) is 52.3 Å². The van der Waals surface area contributed by atoms with Gasteiger partial charge < -0.3 is 0 Å². The Bertz CT molecular complexity index is 589. The fraction of sp³-hybridized carbons (Fsp3) is 0.438. The lowest BCUT2D eigenvalue weighted by atomic mass is 9.80. The molecular weight excluding hydrogens is 327 g/mol. The van der Waals surface area contributed by atoms with E-state index < -0.39 is 0 Å². The molecule has 21 heavy (non-hydrogen) atoms. The molecule has 0 saturated carbocycles. The summed E-state index contributed by atoms with van der Waals surface area (Å²) in [6, 6.07) is 10.1. The molecule has 0 atom stereocenters. The maximum Gasteiger partial charge on any atom is 0.0847 e. The standard InChI is InChI=1S/C16H19Cl3N2/c1-3-21-14(15(19)12(2)20-21)9-16(10-17,11-18)13-7-5-4-6-8-13/h4-8H,3,9-11H2,1-2H3. The first-order valence-electron chi connectivity index (χ1n) is 6.97. The van der Waals surface area contributed by atoms with Gasteiger partial charge in [-0.25, -0.2) is 0 Å². The van der Waals surface area contributed by atoms with Crippen LogP contribution in [0.3, 0.4) is 0 Å². The smallest absolute Gasteiger partial charge is 0.0847 e. The lowest BCUT2D eigenvalue weighted by Gasteiger charge is -2.30. The van der Waals surface area contributed by atoms with Crippen molar-refractivity contribution in [1.29, 1.82) is 0 Å². The topological polar surface area (TPSA) is 17.8 Å². The van der Waals surface area contributed by atoms with Crippen molar-refractivity contribution in [2.24, 2.45) is 0 Å². The number of alkyl halides is 2. The maximum atomic E-state index is 6.43. The molecule has 0 saturated heterocycles. The van der Waals surface area contributed by atoms with Crippen LogP contribution in [0.4, 0.5) is 0 Å². The van der Waals surface area contributed by atoms with E-state index in [4.69, 9.17) is 34.8 Å². The van der Waals surface area contributed by atoms with Gasteiger partial charge in [-0.3, -0.25) is 4.68 Å². The van der Waals surface area contributed by atoms with E-state index in [9.17, 15) is 0 Å². The SMILES string of the molecule is CCn1nc(C)c(Cl)c1CC(CCl)(CCl)c1ccccc1. The van der Waals surface area contributed by atoms with Crippen LogP contribution < -0.4 is 0 Å². The highest BCUT2D eigenvalue weighted by molar-refractivity contribution is 6.32. The summed E-state index contributed by atoms with van der Waals surface area (Å²) in [5.74, 6) is 0.871. The van der Waals surface area contributed by atoms with Gasteiger partial charge in [-0.2, -0.15) is 5.10 Å². The predicted molar refractivity (Wildman–Crippen MR) is 90.9 cm³/mol. The van der Waals surface area contributed by atoms with Crippen LogP contribution in [0.1, 0.15) is 23.9 Å². The van der Waals surface area contributed by atoms with Gasteiger partial charge in [0.15, 0.2) is 0 Å². The second kappa shape index (κ2) is 7.04. The van der Waals surface area contributed by atoms with Gasteiger partial charge in [0.2, 0.25) is 0 Å². The third kappa shape index (κ3) is 3.23. The third-order valence-electron chi connectivity index (χ3n) is 3.86. The maximum absolute atomic E-state index is 6.43. The van der Waals surface area contributed by atoms with Gasteiger partial charge in [-0.1, -0.05) is 41.9 Å². The zero-order valence-electron chi connectivity index (χ0n) is 12.2. The minimum atomic E-state index is -0.340. The number of nitrogens with zero attached hydrogens (tertiary/aromatic N) is 2. The highest BCUT2D eigenvalue weighted by atomic mass is 35.5. The molecule has 0 aliphatic carbocycles. The molecule has 0 spiro atoms. The second-order valence-electron chi connectivity index (χ2n) is 5.25. The molecule has 2 rings (SSSR count). The van der Waals surface area contributed by atoms with E-state index in [0.717, 1.165) is 23.5 Å². The van der Waals surface area contributed by atoms with Gasteiger partial charge >= 0.3 is 0 Å². The summed E-state index contributed by atoms with van der Waals surface area (Å²) in [7, 11) is 0. The molecule has 0 fully saturated rings. The first-order valence-corrected chi connectivity index (χ1v) is 8.42. The molecule has 1 aromatic heterocycles. The van der Waals surface area contributed by atoms with Crippen LogP contribution in [0.2, 0.25) is 5.02 Å². The lowest BCUT2D eigenvalue weighted by Crippen LogP contribution is -2.34. The van der Waals surface area contributed by atoms with E-state index >= 15 is 0 Å². The van der Waals surface area contributed by atoms with Crippen LogP contribution in [-0.4, -0.2) is 21.5 Å². The van der Waals surface area contributed by atoms with E-state index in [1.165, 1.54) is 0 Å². The van der Waals surface area contributed by atoms with Crippen LogP contribution in [0.25, 0.3) is 0 Å². The molecule has 2 aromatic rings. The van der Waals surface area contributed by atoms with Crippen molar-refractivity contribution in [3.8, 4) is 0 Å². The van der Waals surface area contributed by atoms with E-state index in [2.05, 4.69) is 24.2 Å². The number of benzene rings is 1. The molecule has 0 radical (unpaired) electrons. The van der Waals surface area contributed by atoms with Crippen molar-refractivity contribution in [2.75, 3.05) is 11.8 Å². The van der Waals surface area contributed by atoms with E-state index in [-0.39, 0.29) is 5.41 Å². The Labute approximate surface area is 141 Å². The Kier molecular flexibility index (Phi) is 5.59. The monoisotopic (exact) mass is 344 g/mol.